The molecule has 0 aromatic heterocycles. The van der Waals surface area contributed by atoms with E-state index in [0.29, 0.717) is 17.0 Å². The van der Waals surface area contributed by atoms with Crippen LogP contribution >= 0.6 is 27.7 Å². The number of hydrogen-bond donors (Lipinski definition) is 1. The predicted octanol–water partition coefficient (Wildman–Crippen LogP) is 3.23. The smallest absolute Gasteiger partial charge is 0.336 e. The van der Waals surface area contributed by atoms with E-state index in [-0.39, 0.29) is 5.56 Å². The third-order valence-corrected chi connectivity index (χ3v) is 3.24. The van der Waals surface area contributed by atoms with E-state index >= 15 is 0 Å². The number of rotatable bonds is 5. The fourth-order valence-electron chi connectivity index (χ4n) is 0.951. The second kappa shape index (κ2) is 6.15. The summed E-state index contributed by atoms with van der Waals surface area (Å²) in [5.74, 6) is -0.391. The first-order valence-corrected chi connectivity index (χ1v) is 6.16. The summed E-state index contributed by atoms with van der Waals surface area (Å²) in [7, 11) is 0. The highest BCUT2D eigenvalue weighted by Gasteiger charge is 2.08. The number of carboxylic acid groups (broad SMARTS) is 1. The van der Waals surface area contributed by atoms with E-state index in [2.05, 4.69) is 15.9 Å². The molecule has 0 amide bonds. The highest BCUT2D eigenvalue weighted by molar-refractivity contribution is 9.10. The third-order valence-electron chi connectivity index (χ3n) is 1.68. The maximum absolute atomic E-state index is 10.8. The van der Waals surface area contributed by atoms with Crippen LogP contribution in [0.5, 0.6) is 0 Å². The average Bonchev–Trinajstić information content (AvgIpc) is 2.20. The Balaban J connectivity index is 2.74. The standard InChI is InChI=1S/C10H11BrO3S/c1-2-14-6-15-7-3-4-9(11)8(5-7)10(12)13/h3-5H,2,6H2,1H3,(H,12,13). The van der Waals surface area contributed by atoms with Gasteiger partial charge in [0.05, 0.1) is 11.5 Å². The van der Waals surface area contributed by atoms with Gasteiger partial charge in [-0.1, -0.05) is 11.8 Å². The molecule has 0 unspecified atom stereocenters. The van der Waals surface area contributed by atoms with Crippen molar-refractivity contribution < 1.29 is 14.6 Å². The largest absolute Gasteiger partial charge is 0.478 e. The lowest BCUT2D eigenvalue weighted by Crippen LogP contribution is -1.98. The molecule has 15 heavy (non-hydrogen) atoms. The molecule has 0 atom stereocenters. The van der Waals surface area contributed by atoms with Crippen molar-refractivity contribution in [3.63, 3.8) is 0 Å². The van der Waals surface area contributed by atoms with Gasteiger partial charge < -0.3 is 9.84 Å². The van der Waals surface area contributed by atoms with Gasteiger partial charge in [-0.05, 0) is 41.1 Å². The average molecular weight is 291 g/mol. The van der Waals surface area contributed by atoms with Gasteiger partial charge in [-0.15, -0.1) is 0 Å². The zero-order valence-electron chi connectivity index (χ0n) is 8.20. The van der Waals surface area contributed by atoms with Crippen molar-refractivity contribution in [2.45, 2.75) is 11.8 Å². The Morgan fingerprint density at radius 2 is 2.33 bits per heavy atom. The van der Waals surface area contributed by atoms with Gasteiger partial charge in [-0.3, -0.25) is 0 Å². The maximum atomic E-state index is 10.8. The van der Waals surface area contributed by atoms with Gasteiger partial charge in [0.15, 0.2) is 0 Å². The molecule has 0 fully saturated rings. The second-order valence-electron chi connectivity index (χ2n) is 2.70. The van der Waals surface area contributed by atoms with Gasteiger partial charge in [0.2, 0.25) is 0 Å². The molecule has 1 aromatic rings. The monoisotopic (exact) mass is 290 g/mol. The van der Waals surface area contributed by atoms with Crippen LogP contribution < -0.4 is 0 Å². The van der Waals surface area contributed by atoms with Gasteiger partial charge >= 0.3 is 5.97 Å². The summed E-state index contributed by atoms with van der Waals surface area (Å²) < 4.78 is 5.77. The van der Waals surface area contributed by atoms with Crippen LogP contribution in [0.15, 0.2) is 27.6 Å². The minimum atomic E-state index is -0.930. The number of hydrogen-bond acceptors (Lipinski definition) is 3. The first-order valence-electron chi connectivity index (χ1n) is 4.38. The quantitative estimate of drug-likeness (QED) is 0.514. The fraction of sp³-hybridized carbons (Fsp3) is 0.300. The Hall–Kier alpha value is -0.520. The Bertz CT molecular complexity index is 355. The topological polar surface area (TPSA) is 46.5 Å². The fourth-order valence-corrected chi connectivity index (χ4v) is 2.12. The van der Waals surface area contributed by atoms with Crippen molar-refractivity contribution in [1.82, 2.24) is 0 Å². The lowest BCUT2D eigenvalue weighted by atomic mass is 10.2. The summed E-state index contributed by atoms with van der Waals surface area (Å²) >= 11 is 4.67. The molecule has 82 valence electrons. The van der Waals surface area contributed by atoms with Crippen LogP contribution in [0.3, 0.4) is 0 Å². The van der Waals surface area contributed by atoms with Crippen LogP contribution in [0.2, 0.25) is 0 Å². The number of carbonyl (C=O) groups is 1. The summed E-state index contributed by atoms with van der Waals surface area (Å²) in [6, 6.07) is 5.23. The molecule has 0 aliphatic heterocycles. The first kappa shape index (κ1) is 12.5. The van der Waals surface area contributed by atoms with Crippen molar-refractivity contribution >= 4 is 33.7 Å². The molecule has 0 heterocycles. The van der Waals surface area contributed by atoms with Gasteiger partial charge in [-0.25, -0.2) is 4.79 Å². The molecular formula is C10H11BrO3S. The molecule has 1 N–H and O–H groups in total. The van der Waals surface area contributed by atoms with Gasteiger partial charge in [-0.2, -0.15) is 0 Å². The Morgan fingerprint density at radius 1 is 1.60 bits per heavy atom. The number of aromatic carboxylic acids is 1. The molecule has 1 aromatic carbocycles. The molecule has 0 aliphatic carbocycles. The number of halogens is 1. The molecule has 0 radical (unpaired) electrons. The van der Waals surface area contributed by atoms with Crippen molar-refractivity contribution in [1.29, 1.82) is 0 Å². The lowest BCUT2D eigenvalue weighted by molar-refractivity contribution is 0.0695. The summed E-state index contributed by atoms with van der Waals surface area (Å²) in [6.45, 7) is 2.58. The zero-order valence-corrected chi connectivity index (χ0v) is 10.6. The van der Waals surface area contributed by atoms with Crippen molar-refractivity contribution in [2.75, 3.05) is 12.5 Å². The van der Waals surface area contributed by atoms with Crippen LogP contribution in [0.1, 0.15) is 17.3 Å². The third kappa shape index (κ3) is 3.85. The van der Waals surface area contributed by atoms with Crippen molar-refractivity contribution in [3.8, 4) is 0 Å². The van der Waals surface area contributed by atoms with E-state index < -0.39 is 5.97 Å². The Labute approximate surface area is 101 Å². The van der Waals surface area contributed by atoms with Crippen LogP contribution in [0.25, 0.3) is 0 Å². The number of benzene rings is 1. The summed E-state index contributed by atoms with van der Waals surface area (Å²) in [5.41, 5.74) is 0.275. The summed E-state index contributed by atoms with van der Waals surface area (Å²) in [6.07, 6.45) is 0. The van der Waals surface area contributed by atoms with Crippen LogP contribution in [-0.2, 0) is 4.74 Å². The molecule has 1 rings (SSSR count). The van der Waals surface area contributed by atoms with Crippen LogP contribution in [0, 0.1) is 0 Å². The lowest BCUT2D eigenvalue weighted by Gasteiger charge is -2.04. The predicted molar refractivity (Wildman–Crippen MR) is 63.5 cm³/mol. The second-order valence-corrected chi connectivity index (χ2v) is 4.55. The molecular weight excluding hydrogens is 280 g/mol. The van der Waals surface area contributed by atoms with E-state index in [1.165, 1.54) is 11.8 Å². The number of carboxylic acids is 1. The minimum Gasteiger partial charge on any atom is -0.478 e. The minimum absolute atomic E-state index is 0.275. The number of ether oxygens (including phenoxy) is 1. The highest BCUT2D eigenvalue weighted by atomic mass is 79.9. The molecule has 5 heteroatoms. The molecule has 3 nitrogen and oxygen atoms in total. The molecule has 0 aliphatic rings. The molecule has 0 bridgehead atoms. The Morgan fingerprint density at radius 3 is 2.93 bits per heavy atom. The van der Waals surface area contributed by atoms with Crippen molar-refractivity contribution in [3.05, 3.63) is 28.2 Å². The SMILES string of the molecule is CCOCSc1ccc(Br)c(C(=O)O)c1. The van der Waals surface area contributed by atoms with E-state index in [1.807, 2.05) is 13.0 Å². The number of thioether (sulfide) groups is 1. The molecule has 0 spiro atoms. The van der Waals surface area contributed by atoms with Crippen LogP contribution in [-0.4, -0.2) is 23.6 Å². The maximum Gasteiger partial charge on any atom is 0.336 e. The van der Waals surface area contributed by atoms with Gasteiger partial charge in [0, 0.05) is 16.0 Å². The zero-order chi connectivity index (χ0) is 11.3. The summed E-state index contributed by atoms with van der Waals surface area (Å²) in [4.78, 5) is 11.7. The van der Waals surface area contributed by atoms with Gasteiger partial charge in [0.1, 0.15) is 0 Å². The van der Waals surface area contributed by atoms with Crippen molar-refractivity contribution in [2.24, 2.45) is 0 Å². The summed E-state index contributed by atoms with van der Waals surface area (Å²) in [5, 5.41) is 8.89. The van der Waals surface area contributed by atoms with Gasteiger partial charge in [0.25, 0.3) is 0 Å². The molecule has 0 saturated heterocycles. The van der Waals surface area contributed by atoms with E-state index in [9.17, 15) is 4.79 Å². The normalized spacial score (nSPS) is 10.3. The highest BCUT2D eigenvalue weighted by Crippen LogP contribution is 2.24. The van der Waals surface area contributed by atoms with Crippen LogP contribution in [0.4, 0.5) is 0 Å². The molecule has 0 saturated carbocycles. The first-order chi connectivity index (χ1) is 7.15. The van der Waals surface area contributed by atoms with E-state index in [0.717, 1.165) is 4.90 Å². The Kier molecular flexibility index (Phi) is 5.14. The van der Waals surface area contributed by atoms with E-state index in [4.69, 9.17) is 9.84 Å². The van der Waals surface area contributed by atoms with E-state index in [1.54, 1.807) is 12.1 Å².